The molecule has 1 N–H and O–H groups in total. The van der Waals surface area contributed by atoms with Gasteiger partial charge in [-0.25, -0.2) is 0 Å². The molecule has 1 heterocycles. The monoisotopic (exact) mass is 679 g/mol. The van der Waals surface area contributed by atoms with E-state index in [-0.39, 0.29) is 16.1 Å². The average Bonchev–Trinajstić information content (AvgIpc) is 3.35. The van der Waals surface area contributed by atoms with E-state index in [9.17, 15) is 5.21 Å². The summed E-state index contributed by atoms with van der Waals surface area (Å²) in [7, 11) is -2.16. The molecule has 0 unspecified atom stereocenters. The summed E-state index contributed by atoms with van der Waals surface area (Å²) in [4.78, 5) is 0. The Morgan fingerprint density at radius 2 is 1.04 bits per heavy atom. The molecule has 0 saturated carbocycles. The van der Waals surface area contributed by atoms with Crippen LogP contribution in [0.1, 0.15) is 54.9 Å². The van der Waals surface area contributed by atoms with Crippen molar-refractivity contribution >= 4 is 45.2 Å². The van der Waals surface area contributed by atoms with Crippen molar-refractivity contribution in [2.45, 2.75) is 88.7 Å². The van der Waals surface area contributed by atoms with Crippen LogP contribution < -0.4 is 20.7 Å². The van der Waals surface area contributed by atoms with Crippen LogP contribution in [-0.4, -0.2) is 72.2 Å². The first-order valence-electron chi connectivity index (χ1n) is 17.4. The fourth-order valence-electron chi connectivity index (χ4n) is 8.12. The molecule has 8 heteroatoms. The van der Waals surface area contributed by atoms with Crippen LogP contribution in [0.4, 0.5) is 0 Å². The number of ether oxygens (including phenoxy) is 1. The van der Waals surface area contributed by atoms with Crippen LogP contribution in [0.25, 0.3) is 0 Å². The zero-order valence-corrected chi connectivity index (χ0v) is 32.3. The molecule has 0 bridgehead atoms. The fraction of sp³-hybridized carbons (Fsp3) is 0.400. The van der Waals surface area contributed by atoms with Gasteiger partial charge in [-0.2, -0.15) is 5.06 Å². The third-order valence-corrected chi connectivity index (χ3v) is 20.4. The average molecular weight is 680 g/mol. The van der Waals surface area contributed by atoms with Gasteiger partial charge in [0.05, 0.1) is 18.8 Å². The van der Waals surface area contributed by atoms with Gasteiger partial charge in [-0.1, -0.05) is 170 Å². The van der Waals surface area contributed by atoms with E-state index in [1.165, 1.54) is 25.8 Å². The van der Waals surface area contributed by atoms with Crippen molar-refractivity contribution in [1.29, 1.82) is 0 Å². The first-order chi connectivity index (χ1) is 22.7. The SMILES string of the molecule is B[C@@H]1O[C@](CC)(CO[Si](c2ccccc2)(c2ccccc2)C(C)(C)C)[C@@H](O[Si](c2ccccc2)(c2ccccc2)C(C)(C)C)[C@H]1N(C)O. The standard InChI is InChI=1S/C40H54BNO4Si2/c1-9-40(30-44-47(38(2,3)4,31-22-14-10-15-23-31)32-24-16-11-17-25-32)36(35(42(8)43)37(41)45-40)46-48(39(5,6)7,33-26-18-12-19-27-33)34-28-20-13-21-29-34/h10-29,35-37,43H,9,30,41H2,1-8H3/t35-,36+,37-,40-/m1/s1. The summed E-state index contributed by atoms with van der Waals surface area (Å²) in [6.07, 6.45) is 0.167. The highest BCUT2D eigenvalue weighted by Crippen LogP contribution is 2.46. The van der Waals surface area contributed by atoms with E-state index in [0.29, 0.717) is 13.0 Å². The van der Waals surface area contributed by atoms with E-state index in [4.69, 9.17) is 13.6 Å². The second-order valence-corrected chi connectivity index (χ2v) is 24.0. The minimum Gasteiger partial charge on any atom is -0.404 e. The summed E-state index contributed by atoms with van der Waals surface area (Å²) >= 11 is 0. The second kappa shape index (κ2) is 14.2. The first-order valence-corrected chi connectivity index (χ1v) is 21.2. The summed E-state index contributed by atoms with van der Waals surface area (Å²) in [6, 6.07) is 42.2. The van der Waals surface area contributed by atoms with Crippen LogP contribution >= 0.6 is 0 Å². The van der Waals surface area contributed by atoms with Crippen molar-refractivity contribution in [3.05, 3.63) is 121 Å². The summed E-state index contributed by atoms with van der Waals surface area (Å²) in [5, 5.41) is 17.0. The fourth-order valence-corrected chi connectivity index (χ4v) is 17.5. The maximum Gasteiger partial charge on any atom is 0.261 e. The van der Waals surface area contributed by atoms with E-state index in [2.05, 4.69) is 178 Å². The van der Waals surface area contributed by atoms with Gasteiger partial charge in [-0.3, -0.25) is 0 Å². The smallest absolute Gasteiger partial charge is 0.261 e. The number of hydroxylamine groups is 2. The quantitative estimate of drug-likeness (QED) is 0.172. The highest BCUT2D eigenvalue weighted by molar-refractivity contribution is 7.00. The number of hydrogen-bond donors (Lipinski definition) is 1. The van der Waals surface area contributed by atoms with Crippen LogP contribution in [0.2, 0.25) is 10.1 Å². The summed E-state index contributed by atoms with van der Waals surface area (Å²) in [5.74, 6) is 0. The molecular formula is C40H54BNO4Si2. The molecule has 4 aromatic carbocycles. The molecule has 5 nitrogen and oxygen atoms in total. The van der Waals surface area contributed by atoms with Crippen molar-refractivity contribution < 1.29 is 18.8 Å². The normalized spacial score (nSPS) is 22.2. The lowest BCUT2D eigenvalue weighted by atomic mass is 9.86. The Hall–Kier alpha value is -2.82. The van der Waals surface area contributed by atoms with Crippen molar-refractivity contribution in [2.75, 3.05) is 13.7 Å². The summed E-state index contributed by atoms with van der Waals surface area (Å²) in [6.45, 7) is 16.3. The molecule has 0 spiro atoms. The van der Waals surface area contributed by atoms with E-state index in [1.54, 1.807) is 7.05 Å². The maximum absolute atomic E-state index is 11.3. The summed E-state index contributed by atoms with van der Waals surface area (Å²) in [5.41, 5.74) is -0.832. The molecule has 4 aromatic rings. The predicted molar refractivity (Wildman–Crippen MR) is 206 cm³/mol. The molecule has 0 amide bonds. The minimum atomic E-state index is -3.04. The van der Waals surface area contributed by atoms with Gasteiger partial charge in [-0.05, 0) is 37.2 Å². The lowest BCUT2D eigenvalue weighted by Gasteiger charge is -2.50. The molecule has 1 aliphatic heterocycles. The largest absolute Gasteiger partial charge is 0.404 e. The number of hydrogen-bond acceptors (Lipinski definition) is 5. The molecule has 0 aliphatic carbocycles. The topological polar surface area (TPSA) is 51.2 Å². The molecule has 1 saturated heterocycles. The number of nitrogens with zero attached hydrogens (tertiary/aromatic N) is 1. The van der Waals surface area contributed by atoms with Gasteiger partial charge in [0.15, 0.2) is 0 Å². The molecule has 1 aliphatic rings. The second-order valence-electron chi connectivity index (χ2n) is 15.5. The third kappa shape index (κ3) is 6.44. The molecule has 48 heavy (non-hydrogen) atoms. The molecule has 5 rings (SSSR count). The van der Waals surface area contributed by atoms with Crippen LogP contribution in [-0.2, 0) is 13.6 Å². The Morgan fingerprint density at radius 3 is 1.35 bits per heavy atom. The predicted octanol–water partition coefficient (Wildman–Crippen LogP) is 5.34. The Labute approximate surface area is 291 Å². The van der Waals surface area contributed by atoms with E-state index >= 15 is 0 Å². The molecule has 0 aromatic heterocycles. The lowest BCUT2D eigenvalue weighted by Crippen LogP contribution is -2.72. The van der Waals surface area contributed by atoms with Gasteiger partial charge < -0.3 is 18.8 Å². The lowest BCUT2D eigenvalue weighted by molar-refractivity contribution is -0.130. The zero-order valence-electron chi connectivity index (χ0n) is 30.3. The van der Waals surface area contributed by atoms with Crippen LogP contribution in [0.15, 0.2) is 121 Å². The van der Waals surface area contributed by atoms with Crippen LogP contribution in [0.3, 0.4) is 0 Å². The van der Waals surface area contributed by atoms with E-state index in [1.807, 2.05) is 0 Å². The Balaban J connectivity index is 1.71. The number of benzene rings is 4. The van der Waals surface area contributed by atoms with E-state index in [0.717, 1.165) is 0 Å². The van der Waals surface area contributed by atoms with Gasteiger partial charge >= 0.3 is 0 Å². The van der Waals surface area contributed by atoms with Crippen molar-refractivity contribution in [3.63, 3.8) is 0 Å². The van der Waals surface area contributed by atoms with Gasteiger partial charge in [0.1, 0.15) is 13.4 Å². The van der Waals surface area contributed by atoms with Gasteiger partial charge in [-0.15, -0.1) is 0 Å². The van der Waals surface area contributed by atoms with Gasteiger partial charge in [0.2, 0.25) is 0 Å². The molecule has 0 radical (unpaired) electrons. The first kappa shape index (κ1) is 36.5. The molecule has 4 atom stereocenters. The Morgan fingerprint density at radius 1 is 0.688 bits per heavy atom. The zero-order chi connectivity index (χ0) is 34.8. The third-order valence-electron chi connectivity index (χ3n) is 10.4. The number of likely N-dealkylation sites (N-methyl/N-ethyl adjacent to an activating group) is 1. The Kier molecular flexibility index (Phi) is 10.8. The highest BCUT2D eigenvalue weighted by atomic mass is 28.4. The minimum absolute atomic E-state index is 0.198. The van der Waals surface area contributed by atoms with Gasteiger partial charge in [0, 0.05) is 13.1 Å². The van der Waals surface area contributed by atoms with Crippen molar-refractivity contribution in [3.8, 4) is 0 Å². The Bertz CT molecular complexity index is 1520. The highest BCUT2D eigenvalue weighted by Gasteiger charge is 2.62. The van der Waals surface area contributed by atoms with E-state index < -0.39 is 34.4 Å². The van der Waals surface area contributed by atoms with Crippen LogP contribution in [0.5, 0.6) is 0 Å². The number of rotatable bonds is 11. The van der Waals surface area contributed by atoms with Crippen molar-refractivity contribution in [1.82, 2.24) is 5.06 Å². The van der Waals surface area contributed by atoms with Crippen molar-refractivity contribution in [2.24, 2.45) is 0 Å². The molecular weight excluding hydrogens is 625 g/mol. The van der Waals surface area contributed by atoms with Crippen LogP contribution in [0, 0.1) is 0 Å². The molecule has 254 valence electrons. The van der Waals surface area contributed by atoms with Gasteiger partial charge in [0.25, 0.3) is 16.6 Å². The molecule has 1 fully saturated rings. The summed E-state index contributed by atoms with van der Waals surface area (Å²) < 4.78 is 22.6. The maximum atomic E-state index is 11.3.